The predicted octanol–water partition coefficient (Wildman–Crippen LogP) is 4.37. The molecule has 0 spiro atoms. The second-order valence-corrected chi connectivity index (χ2v) is 8.55. The van der Waals surface area contributed by atoms with Gasteiger partial charge in [0.2, 0.25) is 0 Å². The maximum atomic E-state index is 12.9. The van der Waals surface area contributed by atoms with Crippen LogP contribution < -0.4 is 10.3 Å². The van der Waals surface area contributed by atoms with Crippen LogP contribution in [0.1, 0.15) is 43.1 Å². The van der Waals surface area contributed by atoms with E-state index in [1.165, 1.54) is 10.6 Å². The number of hydrogen-bond donors (Lipinski definition) is 1. The molecule has 0 unspecified atom stereocenters. The fourth-order valence-corrected chi connectivity index (χ4v) is 4.33. The second kappa shape index (κ2) is 8.03. The SMILES string of the molecule is CC(C)COc1c(Cc2cccc3ccccc23)cc(=O)n2c1C(=S)C[C@@H]2C(=O)O. The van der Waals surface area contributed by atoms with Gasteiger partial charge in [0, 0.05) is 29.3 Å². The van der Waals surface area contributed by atoms with E-state index < -0.39 is 12.0 Å². The van der Waals surface area contributed by atoms with Crippen molar-refractivity contribution < 1.29 is 14.6 Å². The number of hydrogen-bond acceptors (Lipinski definition) is 4. The van der Waals surface area contributed by atoms with Crippen molar-refractivity contribution in [2.45, 2.75) is 32.7 Å². The van der Waals surface area contributed by atoms with Crippen LogP contribution in [-0.4, -0.2) is 27.1 Å². The quantitative estimate of drug-likeness (QED) is 0.599. The zero-order chi connectivity index (χ0) is 21.4. The Hall–Kier alpha value is -2.99. The molecule has 0 fully saturated rings. The number of carbonyl (C=O) groups is 1. The van der Waals surface area contributed by atoms with Crippen LogP contribution >= 0.6 is 12.2 Å². The van der Waals surface area contributed by atoms with Crippen LogP contribution in [0.4, 0.5) is 0 Å². The average Bonchev–Trinajstić information content (AvgIpc) is 3.06. The van der Waals surface area contributed by atoms with Crippen molar-refractivity contribution >= 4 is 33.8 Å². The van der Waals surface area contributed by atoms with Crippen LogP contribution in [0.25, 0.3) is 10.8 Å². The Morgan fingerprint density at radius 2 is 1.93 bits per heavy atom. The van der Waals surface area contributed by atoms with E-state index in [1.54, 1.807) is 0 Å². The molecule has 0 bridgehead atoms. The molecule has 0 aliphatic carbocycles. The van der Waals surface area contributed by atoms with Crippen LogP contribution in [0, 0.1) is 5.92 Å². The molecule has 2 heterocycles. The fraction of sp³-hybridized carbons (Fsp3) is 0.292. The van der Waals surface area contributed by atoms with Gasteiger partial charge in [0.25, 0.3) is 5.56 Å². The molecule has 1 aliphatic heterocycles. The molecule has 0 saturated carbocycles. The maximum Gasteiger partial charge on any atom is 0.327 e. The number of rotatable bonds is 6. The van der Waals surface area contributed by atoms with Gasteiger partial charge in [-0.2, -0.15) is 0 Å². The summed E-state index contributed by atoms with van der Waals surface area (Å²) in [5, 5.41) is 11.8. The molecule has 4 rings (SSSR count). The first-order valence-corrected chi connectivity index (χ1v) is 10.4. The van der Waals surface area contributed by atoms with Crippen LogP contribution in [-0.2, 0) is 11.2 Å². The van der Waals surface area contributed by atoms with Crippen LogP contribution in [0.2, 0.25) is 0 Å². The van der Waals surface area contributed by atoms with Crippen molar-refractivity contribution in [3.8, 4) is 5.75 Å². The van der Waals surface area contributed by atoms with Crippen LogP contribution in [0.15, 0.2) is 53.3 Å². The van der Waals surface area contributed by atoms with Crippen molar-refractivity contribution in [2.24, 2.45) is 5.92 Å². The highest BCUT2D eigenvalue weighted by atomic mass is 32.1. The van der Waals surface area contributed by atoms with Crippen molar-refractivity contribution in [3.05, 3.63) is 75.7 Å². The first-order chi connectivity index (χ1) is 14.4. The number of aliphatic carboxylic acids is 1. The lowest BCUT2D eigenvalue weighted by Gasteiger charge is -2.19. The van der Waals surface area contributed by atoms with Crippen molar-refractivity contribution in [3.63, 3.8) is 0 Å². The molecule has 0 radical (unpaired) electrons. The molecular formula is C24H23NO4S. The number of benzene rings is 2. The summed E-state index contributed by atoms with van der Waals surface area (Å²) in [5.74, 6) is -0.256. The number of thiocarbonyl (C=S) groups is 1. The second-order valence-electron chi connectivity index (χ2n) is 8.06. The number of carboxylic acid groups (broad SMARTS) is 1. The van der Waals surface area contributed by atoms with E-state index >= 15 is 0 Å². The lowest BCUT2D eigenvalue weighted by atomic mass is 9.97. The van der Waals surface area contributed by atoms with Gasteiger partial charge in [-0.05, 0) is 22.3 Å². The Labute approximate surface area is 179 Å². The standard InChI is InChI=1S/C24H23NO4S/c1-14(2)13-29-23-17(10-16-8-5-7-15-6-3-4-9-18(15)16)11-21(26)25-19(24(27)28)12-20(30)22(23)25/h3-9,11,14,19H,10,12-13H2,1-2H3,(H,27,28)/t19-/m1/s1. The molecule has 1 N–H and O–H groups in total. The fourth-order valence-electron chi connectivity index (χ4n) is 3.98. The molecule has 6 heteroatoms. The van der Waals surface area contributed by atoms with Gasteiger partial charge in [-0.25, -0.2) is 4.79 Å². The zero-order valence-electron chi connectivity index (χ0n) is 16.9. The summed E-state index contributed by atoms with van der Waals surface area (Å²) in [4.78, 5) is 25.1. The molecule has 2 aromatic carbocycles. The van der Waals surface area contributed by atoms with Crippen LogP contribution in [0.5, 0.6) is 5.75 Å². The zero-order valence-corrected chi connectivity index (χ0v) is 17.7. The lowest BCUT2D eigenvalue weighted by molar-refractivity contribution is -0.140. The van der Waals surface area contributed by atoms with Gasteiger partial charge in [-0.3, -0.25) is 9.36 Å². The molecule has 154 valence electrons. The number of fused-ring (bicyclic) bond motifs is 2. The summed E-state index contributed by atoms with van der Waals surface area (Å²) in [7, 11) is 0. The van der Waals surface area contributed by atoms with Gasteiger partial charge in [0.05, 0.1) is 6.61 Å². The van der Waals surface area contributed by atoms with E-state index in [1.807, 2.05) is 38.1 Å². The van der Waals surface area contributed by atoms with Crippen LogP contribution in [0.3, 0.4) is 0 Å². The largest absolute Gasteiger partial charge is 0.491 e. The lowest BCUT2D eigenvalue weighted by Crippen LogP contribution is -2.28. The smallest absolute Gasteiger partial charge is 0.327 e. The third-order valence-electron chi connectivity index (χ3n) is 5.34. The van der Waals surface area contributed by atoms with E-state index in [2.05, 4.69) is 18.2 Å². The molecule has 1 aromatic heterocycles. The number of aromatic nitrogens is 1. The maximum absolute atomic E-state index is 12.9. The van der Waals surface area contributed by atoms with Crippen molar-refractivity contribution in [1.82, 2.24) is 4.57 Å². The predicted molar refractivity (Wildman–Crippen MR) is 121 cm³/mol. The third kappa shape index (κ3) is 3.63. The summed E-state index contributed by atoms with van der Waals surface area (Å²) in [6.07, 6.45) is 0.633. The minimum atomic E-state index is -1.06. The Morgan fingerprint density at radius 1 is 1.20 bits per heavy atom. The molecule has 0 saturated heterocycles. The normalized spacial score (nSPS) is 15.6. The summed E-state index contributed by atoms with van der Waals surface area (Å²) >= 11 is 5.50. The van der Waals surface area contributed by atoms with E-state index in [0.29, 0.717) is 29.3 Å². The molecule has 3 aromatic rings. The highest BCUT2D eigenvalue weighted by Crippen LogP contribution is 2.35. The van der Waals surface area contributed by atoms with Gasteiger partial charge in [0.1, 0.15) is 17.5 Å². The molecule has 30 heavy (non-hydrogen) atoms. The third-order valence-corrected chi connectivity index (χ3v) is 5.70. The minimum Gasteiger partial charge on any atom is -0.491 e. The van der Waals surface area contributed by atoms with Gasteiger partial charge in [-0.15, -0.1) is 0 Å². The Bertz CT molecular complexity index is 1210. The van der Waals surface area contributed by atoms with Gasteiger partial charge in [0.15, 0.2) is 0 Å². The molecule has 5 nitrogen and oxygen atoms in total. The Morgan fingerprint density at radius 3 is 2.67 bits per heavy atom. The molecule has 0 amide bonds. The number of pyridine rings is 1. The average molecular weight is 422 g/mol. The van der Waals surface area contributed by atoms with Gasteiger partial charge in [-0.1, -0.05) is 68.5 Å². The van der Waals surface area contributed by atoms with E-state index in [9.17, 15) is 14.7 Å². The number of carboxylic acids is 1. The van der Waals surface area contributed by atoms with Gasteiger partial charge >= 0.3 is 5.97 Å². The molecular weight excluding hydrogens is 398 g/mol. The van der Waals surface area contributed by atoms with Crippen molar-refractivity contribution in [2.75, 3.05) is 6.61 Å². The summed E-state index contributed by atoms with van der Waals surface area (Å²) in [5.41, 5.74) is 1.90. The monoisotopic (exact) mass is 421 g/mol. The van der Waals surface area contributed by atoms with Crippen molar-refractivity contribution in [1.29, 1.82) is 0 Å². The Balaban J connectivity index is 1.88. The van der Waals surface area contributed by atoms with E-state index in [4.69, 9.17) is 17.0 Å². The molecule has 1 atom stereocenters. The summed E-state index contributed by atoms with van der Waals surface area (Å²) < 4.78 is 7.42. The van der Waals surface area contributed by atoms with E-state index in [-0.39, 0.29) is 17.9 Å². The summed E-state index contributed by atoms with van der Waals surface area (Å²) in [6.45, 7) is 4.53. The minimum absolute atomic E-state index is 0.135. The first kappa shape index (κ1) is 20.3. The highest BCUT2D eigenvalue weighted by molar-refractivity contribution is 7.80. The van der Waals surface area contributed by atoms with Gasteiger partial charge < -0.3 is 9.84 Å². The number of nitrogens with zero attached hydrogens (tertiary/aromatic N) is 1. The topological polar surface area (TPSA) is 68.5 Å². The first-order valence-electron chi connectivity index (χ1n) is 10.0. The van der Waals surface area contributed by atoms with E-state index in [0.717, 1.165) is 21.9 Å². The highest BCUT2D eigenvalue weighted by Gasteiger charge is 2.36. The summed E-state index contributed by atoms with van der Waals surface area (Å²) in [6, 6.07) is 14.7. The number of ether oxygens (including phenoxy) is 1. The Kier molecular flexibility index (Phi) is 5.43. The molecule has 1 aliphatic rings.